The molecular weight excluding hydrogens is 436 g/mol. The molecule has 0 radical (unpaired) electrons. The van der Waals surface area contributed by atoms with E-state index in [2.05, 4.69) is 15.1 Å². The van der Waals surface area contributed by atoms with Crippen LogP contribution in [-0.2, 0) is 11.2 Å². The molecule has 11 heteroatoms. The van der Waals surface area contributed by atoms with Crippen molar-refractivity contribution in [1.29, 1.82) is 0 Å². The Hall–Kier alpha value is -3.18. The van der Waals surface area contributed by atoms with Crippen molar-refractivity contribution in [2.75, 3.05) is 12.9 Å². The summed E-state index contributed by atoms with van der Waals surface area (Å²) in [7, 11) is 0. The standard InChI is InChI=1S/C20H14F4N4O2S/c1-31(29)15-9-10-25-19(26-15)17-14-3-2-4-16(30-11-20(22,23)24)28(14)27-18(17)12-5-7-13(21)8-6-12/h2-10H,11H2,1H3. The van der Waals surface area contributed by atoms with Gasteiger partial charge in [-0.25, -0.2) is 9.37 Å². The van der Waals surface area contributed by atoms with Crippen molar-refractivity contribution in [3.05, 3.63) is 60.5 Å². The Morgan fingerprint density at radius 1 is 1.10 bits per heavy atom. The fourth-order valence-electron chi connectivity index (χ4n) is 2.96. The van der Waals surface area contributed by atoms with Crippen LogP contribution in [0.3, 0.4) is 0 Å². The summed E-state index contributed by atoms with van der Waals surface area (Å²) in [6, 6.07) is 11.4. The second-order valence-corrected chi connectivity index (χ2v) is 7.79. The number of hydrogen-bond donors (Lipinski definition) is 0. The number of pyridine rings is 1. The van der Waals surface area contributed by atoms with Crippen LogP contribution in [0.15, 0.2) is 59.8 Å². The van der Waals surface area contributed by atoms with E-state index in [-0.39, 0.29) is 16.7 Å². The highest BCUT2D eigenvalue weighted by Crippen LogP contribution is 2.35. The van der Waals surface area contributed by atoms with Crippen molar-refractivity contribution in [3.8, 4) is 28.5 Å². The highest BCUT2D eigenvalue weighted by molar-refractivity contribution is 7.90. The molecular formula is C20H14F4N4O2S. The summed E-state index contributed by atoms with van der Waals surface area (Å²) in [6.45, 7) is -1.49. The zero-order valence-corrected chi connectivity index (χ0v) is 16.7. The molecule has 3 heterocycles. The molecule has 0 bridgehead atoms. The van der Waals surface area contributed by atoms with Crippen LogP contribution in [0.1, 0.15) is 0 Å². The molecule has 31 heavy (non-hydrogen) atoms. The van der Waals surface area contributed by atoms with Crippen molar-refractivity contribution in [2.45, 2.75) is 11.2 Å². The Morgan fingerprint density at radius 3 is 2.52 bits per heavy atom. The average molecular weight is 450 g/mol. The van der Waals surface area contributed by atoms with E-state index < -0.39 is 29.8 Å². The predicted molar refractivity (Wildman–Crippen MR) is 105 cm³/mol. The van der Waals surface area contributed by atoms with Crippen LogP contribution in [0, 0.1) is 5.82 Å². The Balaban J connectivity index is 1.95. The van der Waals surface area contributed by atoms with Gasteiger partial charge >= 0.3 is 6.18 Å². The van der Waals surface area contributed by atoms with Gasteiger partial charge in [0.25, 0.3) is 0 Å². The molecule has 0 spiro atoms. The number of nitrogens with zero attached hydrogens (tertiary/aromatic N) is 4. The molecule has 0 N–H and O–H groups in total. The van der Waals surface area contributed by atoms with Crippen LogP contribution in [0.5, 0.6) is 5.88 Å². The maximum absolute atomic E-state index is 13.4. The minimum Gasteiger partial charge on any atom is -0.610 e. The monoisotopic (exact) mass is 450 g/mol. The quantitative estimate of drug-likeness (QED) is 0.258. The summed E-state index contributed by atoms with van der Waals surface area (Å²) in [5.41, 5.74) is 1.56. The molecule has 1 aromatic carbocycles. The first-order valence-corrected chi connectivity index (χ1v) is 10.4. The number of ether oxygens (including phenoxy) is 1. The van der Waals surface area contributed by atoms with E-state index in [9.17, 15) is 22.1 Å². The highest BCUT2D eigenvalue weighted by atomic mass is 32.2. The third-order valence-corrected chi connectivity index (χ3v) is 5.09. The number of alkyl halides is 3. The van der Waals surface area contributed by atoms with Crippen molar-refractivity contribution in [2.24, 2.45) is 0 Å². The average Bonchev–Trinajstić information content (AvgIpc) is 3.12. The summed E-state index contributed by atoms with van der Waals surface area (Å²) >= 11 is -1.38. The molecule has 0 aliphatic carbocycles. The van der Waals surface area contributed by atoms with Crippen molar-refractivity contribution in [3.63, 3.8) is 0 Å². The highest BCUT2D eigenvalue weighted by Gasteiger charge is 2.29. The van der Waals surface area contributed by atoms with Crippen molar-refractivity contribution < 1.29 is 26.9 Å². The second kappa shape index (κ2) is 8.16. The fraction of sp³-hybridized carbons (Fsp3) is 0.150. The molecule has 1 unspecified atom stereocenters. The van der Waals surface area contributed by atoms with E-state index >= 15 is 0 Å². The molecule has 6 nitrogen and oxygen atoms in total. The lowest BCUT2D eigenvalue weighted by molar-refractivity contribution is -0.154. The topological polar surface area (TPSA) is 75.4 Å². The number of rotatable bonds is 5. The number of halogens is 4. The van der Waals surface area contributed by atoms with E-state index in [0.29, 0.717) is 22.3 Å². The lowest BCUT2D eigenvalue weighted by Gasteiger charge is -2.10. The molecule has 0 fully saturated rings. The third-order valence-electron chi connectivity index (χ3n) is 4.27. The van der Waals surface area contributed by atoms with Gasteiger partial charge in [-0.3, -0.25) is 0 Å². The van der Waals surface area contributed by atoms with Crippen molar-refractivity contribution >= 4 is 16.7 Å². The van der Waals surface area contributed by atoms with Crippen LogP contribution in [-0.4, -0.2) is 43.2 Å². The molecule has 0 amide bonds. The molecule has 4 rings (SSSR count). The predicted octanol–water partition coefficient (Wildman–Crippen LogP) is 4.28. The van der Waals surface area contributed by atoms with Crippen LogP contribution >= 0.6 is 0 Å². The Morgan fingerprint density at radius 2 is 1.84 bits per heavy atom. The van der Waals surface area contributed by atoms with Gasteiger partial charge < -0.3 is 9.29 Å². The summed E-state index contributed by atoms with van der Waals surface area (Å²) in [4.78, 5) is 8.56. The van der Waals surface area contributed by atoms with Gasteiger partial charge in [-0.15, -0.1) is 0 Å². The Labute approximate surface area is 176 Å². The van der Waals surface area contributed by atoms with Crippen LogP contribution in [0.4, 0.5) is 17.6 Å². The number of aromatic nitrogens is 4. The van der Waals surface area contributed by atoms with Gasteiger partial charge in [0, 0.05) is 35.1 Å². The Kier molecular flexibility index (Phi) is 5.54. The van der Waals surface area contributed by atoms with Gasteiger partial charge in [0.1, 0.15) is 17.8 Å². The molecule has 4 aromatic rings. The van der Waals surface area contributed by atoms with Crippen LogP contribution in [0.2, 0.25) is 0 Å². The van der Waals surface area contributed by atoms with Crippen molar-refractivity contribution in [1.82, 2.24) is 19.6 Å². The van der Waals surface area contributed by atoms with Crippen LogP contribution < -0.4 is 4.74 Å². The van der Waals surface area contributed by atoms with E-state index in [0.717, 1.165) is 0 Å². The summed E-state index contributed by atoms with van der Waals surface area (Å²) in [5.74, 6) is -0.419. The maximum Gasteiger partial charge on any atom is 0.422 e. The largest absolute Gasteiger partial charge is 0.610 e. The summed E-state index contributed by atoms with van der Waals surface area (Å²) in [5, 5.41) is 4.69. The van der Waals surface area contributed by atoms with Gasteiger partial charge in [0.15, 0.2) is 12.4 Å². The summed E-state index contributed by atoms with van der Waals surface area (Å²) < 4.78 is 69.5. The molecule has 0 saturated carbocycles. The number of benzene rings is 1. The van der Waals surface area contributed by atoms with Crippen LogP contribution in [0.25, 0.3) is 28.2 Å². The van der Waals surface area contributed by atoms with Gasteiger partial charge in [-0.05, 0) is 30.3 Å². The number of hydrogen-bond acceptors (Lipinski definition) is 5. The molecule has 0 saturated heterocycles. The fourth-order valence-corrected chi connectivity index (χ4v) is 3.43. The minimum absolute atomic E-state index is 0.139. The van der Waals surface area contributed by atoms with E-state index in [1.165, 1.54) is 59.4 Å². The summed E-state index contributed by atoms with van der Waals surface area (Å²) in [6.07, 6.45) is -1.63. The maximum atomic E-state index is 13.4. The SMILES string of the molecule is C[S+]([O-])c1ccnc(-c2c(-c3ccc(F)cc3)nn3c(OCC(F)(F)F)cccc23)n1. The first kappa shape index (κ1) is 21.1. The van der Waals surface area contributed by atoms with Gasteiger partial charge in [-0.1, -0.05) is 6.07 Å². The molecule has 1 atom stereocenters. The van der Waals surface area contributed by atoms with E-state index in [1.54, 1.807) is 6.07 Å². The lowest BCUT2D eigenvalue weighted by atomic mass is 10.1. The normalized spacial score (nSPS) is 12.8. The second-order valence-electron chi connectivity index (χ2n) is 6.47. The zero-order chi connectivity index (χ0) is 22.2. The van der Waals surface area contributed by atoms with E-state index in [1.807, 2.05) is 0 Å². The molecule has 3 aromatic heterocycles. The number of fused-ring (bicyclic) bond motifs is 1. The van der Waals surface area contributed by atoms with E-state index in [4.69, 9.17) is 4.74 Å². The minimum atomic E-state index is -4.53. The first-order valence-electron chi connectivity index (χ1n) is 8.87. The molecule has 0 aliphatic heterocycles. The van der Waals surface area contributed by atoms with Gasteiger partial charge in [0.05, 0.1) is 11.1 Å². The smallest absolute Gasteiger partial charge is 0.422 e. The van der Waals surface area contributed by atoms with Gasteiger partial charge in [0.2, 0.25) is 10.9 Å². The zero-order valence-electron chi connectivity index (χ0n) is 15.9. The van der Waals surface area contributed by atoms with Gasteiger partial charge in [-0.2, -0.15) is 27.8 Å². The lowest BCUT2D eigenvalue weighted by Crippen LogP contribution is -2.20. The first-order chi connectivity index (χ1) is 14.7. The Bertz CT molecular complexity index is 1230. The molecule has 160 valence electrons. The molecule has 0 aliphatic rings. The third kappa shape index (κ3) is 4.47.